The van der Waals surface area contributed by atoms with Crippen LogP contribution < -0.4 is 0 Å². The first-order valence-corrected chi connectivity index (χ1v) is 12.6. The quantitative estimate of drug-likeness (QED) is 0.512. The summed E-state index contributed by atoms with van der Waals surface area (Å²) in [6, 6.07) is 0. The van der Waals surface area contributed by atoms with E-state index in [1.165, 1.54) is 0 Å². The standard InChI is InChI=1S/C26H44O4.CH4/c1-5-17-21-14-16(27)10-12-26(21,4)20-11-13-25(3)18(15(2)6-9-22(28)29)7-8-19(25)23(20)24(17)30;/h15-21,23-24,27,30H,5-14H2,1-4H3,(H,28,29);1H4/t15-,16-,17-,18-,19+,20+,21+,23+,24-,25-,26-;/m1./s1/i24D;. The van der Waals surface area contributed by atoms with Crippen LogP contribution in [-0.2, 0) is 4.79 Å². The van der Waals surface area contributed by atoms with Crippen LogP contribution in [0.15, 0.2) is 0 Å². The monoisotopic (exact) mass is 437 g/mol. The van der Waals surface area contributed by atoms with Crippen molar-refractivity contribution >= 4 is 5.97 Å². The van der Waals surface area contributed by atoms with Crippen molar-refractivity contribution in [1.29, 1.82) is 0 Å². The number of aliphatic hydroxyl groups is 2. The van der Waals surface area contributed by atoms with Gasteiger partial charge in [-0.05, 0) is 104 Å². The molecule has 0 bridgehead atoms. The van der Waals surface area contributed by atoms with Crippen LogP contribution in [0, 0.1) is 52.3 Å². The molecule has 4 rings (SSSR count). The predicted molar refractivity (Wildman–Crippen MR) is 125 cm³/mol. The van der Waals surface area contributed by atoms with E-state index in [4.69, 9.17) is 5.11 Å². The molecule has 3 N–H and O–H groups in total. The Bertz CT molecular complexity index is 695. The lowest BCUT2D eigenvalue weighted by Gasteiger charge is -2.64. The maximum Gasteiger partial charge on any atom is 0.303 e. The minimum absolute atomic E-state index is 0. The molecule has 0 radical (unpaired) electrons. The van der Waals surface area contributed by atoms with Crippen molar-refractivity contribution < 1.29 is 21.5 Å². The van der Waals surface area contributed by atoms with Crippen molar-refractivity contribution in [2.45, 2.75) is 112 Å². The molecule has 0 amide bonds. The SMILES string of the molecule is C.[2H][C@]1(O)[C@@H]2[C@H](CC[C@]3(C)[C@@H]([C@H](C)CCC(=O)O)CC[C@@H]23)[C@@]2(C)CC[C@@H](O)C[C@H]2[C@H]1CC. The molecule has 0 saturated heterocycles. The lowest BCUT2D eigenvalue weighted by atomic mass is 9.41. The minimum Gasteiger partial charge on any atom is -0.481 e. The Labute approximate surface area is 191 Å². The van der Waals surface area contributed by atoms with Gasteiger partial charge in [0.2, 0.25) is 0 Å². The van der Waals surface area contributed by atoms with Crippen LogP contribution in [0.1, 0.15) is 101 Å². The van der Waals surface area contributed by atoms with E-state index < -0.39 is 12.0 Å². The van der Waals surface area contributed by atoms with Crippen LogP contribution >= 0.6 is 0 Å². The summed E-state index contributed by atoms with van der Waals surface area (Å²) in [5, 5.41) is 31.4. The van der Waals surface area contributed by atoms with Crippen molar-refractivity contribution in [2.24, 2.45) is 52.3 Å². The maximum atomic E-state index is 11.8. The Balaban J connectivity index is 0.00000289. The van der Waals surface area contributed by atoms with E-state index >= 15 is 0 Å². The molecule has 0 aromatic carbocycles. The average Bonchev–Trinajstić information content (AvgIpc) is 3.04. The highest BCUT2D eigenvalue weighted by Gasteiger charge is 2.64. The number of aliphatic carboxylic acids is 1. The highest BCUT2D eigenvalue weighted by atomic mass is 16.4. The highest BCUT2D eigenvalue weighted by Crippen LogP contribution is 2.69. The Hall–Kier alpha value is -0.610. The van der Waals surface area contributed by atoms with Crippen LogP contribution in [0.3, 0.4) is 0 Å². The van der Waals surface area contributed by atoms with E-state index in [0.717, 1.165) is 57.8 Å². The molecule has 11 atom stereocenters. The summed E-state index contributed by atoms with van der Waals surface area (Å²) < 4.78 is 9.33. The number of rotatable bonds is 5. The molecule has 180 valence electrons. The summed E-state index contributed by atoms with van der Waals surface area (Å²) in [6.07, 6.45) is 6.93. The fourth-order valence-corrected chi connectivity index (χ4v) is 9.19. The number of hydrogen-bond acceptors (Lipinski definition) is 3. The van der Waals surface area contributed by atoms with E-state index in [0.29, 0.717) is 23.7 Å². The molecule has 0 aliphatic heterocycles. The number of carboxylic acid groups (broad SMARTS) is 1. The third kappa shape index (κ3) is 3.88. The summed E-state index contributed by atoms with van der Waals surface area (Å²) in [4.78, 5) is 11.1. The van der Waals surface area contributed by atoms with Gasteiger partial charge >= 0.3 is 5.97 Å². The smallest absolute Gasteiger partial charge is 0.303 e. The fraction of sp³-hybridized carbons (Fsp3) is 0.963. The van der Waals surface area contributed by atoms with Gasteiger partial charge in [0.15, 0.2) is 0 Å². The predicted octanol–water partition coefficient (Wildman–Crippen LogP) is 5.75. The van der Waals surface area contributed by atoms with Gasteiger partial charge < -0.3 is 15.3 Å². The Morgan fingerprint density at radius 3 is 2.35 bits per heavy atom. The third-order valence-electron chi connectivity index (χ3n) is 10.7. The zero-order chi connectivity index (χ0) is 22.8. The van der Waals surface area contributed by atoms with Crippen molar-refractivity contribution in [3.8, 4) is 0 Å². The lowest BCUT2D eigenvalue weighted by molar-refractivity contribution is -0.203. The van der Waals surface area contributed by atoms with Crippen LogP contribution in [0.25, 0.3) is 0 Å². The van der Waals surface area contributed by atoms with Crippen molar-refractivity contribution in [3.05, 3.63) is 0 Å². The molecule has 0 unspecified atom stereocenters. The van der Waals surface area contributed by atoms with Gasteiger partial charge in [-0.2, -0.15) is 0 Å². The van der Waals surface area contributed by atoms with Crippen molar-refractivity contribution in [2.75, 3.05) is 0 Å². The second kappa shape index (κ2) is 8.97. The molecule has 0 spiro atoms. The van der Waals surface area contributed by atoms with E-state index in [1.807, 2.05) is 0 Å². The van der Waals surface area contributed by atoms with E-state index in [9.17, 15) is 16.4 Å². The van der Waals surface area contributed by atoms with Crippen LogP contribution in [0.4, 0.5) is 0 Å². The second-order valence-electron chi connectivity index (χ2n) is 11.9. The van der Waals surface area contributed by atoms with Gasteiger partial charge in [0.1, 0.15) is 0 Å². The molecule has 0 aromatic heterocycles. The number of fused-ring (bicyclic) bond motifs is 5. The Morgan fingerprint density at radius 2 is 1.71 bits per heavy atom. The molecular formula is C27H48O4. The topological polar surface area (TPSA) is 77.8 Å². The summed E-state index contributed by atoms with van der Waals surface area (Å²) in [6.45, 7) is 9.12. The zero-order valence-corrected chi connectivity index (χ0v) is 19.4. The van der Waals surface area contributed by atoms with Crippen molar-refractivity contribution in [1.82, 2.24) is 0 Å². The highest BCUT2D eigenvalue weighted by molar-refractivity contribution is 5.66. The molecule has 4 nitrogen and oxygen atoms in total. The molecule has 31 heavy (non-hydrogen) atoms. The van der Waals surface area contributed by atoms with Crippen molar-refractivity contribution in [3.63, 3.8) is 0 Å². The third-order valence-corrected chi connectivity index (χ3v) is 10.7. The normalized spacial score (nSPS) is 52.7. The Morgan fingerprint density at radius 1 is 1.06 bits per heavy atom. The van der Waals surface area contributed by atoms with E-state index in [1.54, 1.807) is 0 Å². The molecule has 4 saturated carbocycles. The van der Waals surface area contributed by atoms with Gasteiger partial charge in [-0.15, -0.1) is 0 Å². The summed E-state index contributed by atoms with van der Waals surface area (Å²) in [5.74, 6) is 0.941. The molecule has 4 aliphatic carbocycles. The summed E-state index contributed by atoms with van der Waals surface area (Å²) in [7, 11) is 0. The number of hydrogen-bond donors (Lipinski definition) is 3. The largest absolute Gasteiger partial charge is 0.481 e. The fourth-order valence-electron chi connectivity index (χ4n) is 9.19. The average molecular weight is 438 g/mol. The molecule has 4 fully saturated rings. The van der Waals surface area contributed by atoms with E-state index in [-0.39, 0.29) is 48.5 Å². The minimum atomic E-state index is -1.44. The van der Waals surface area contributed by atoms with Gasteiger partial charge in [-0.1, -0.05) is 41.5 Å². The lowest BCUT2D eigenvalue weighted by Crippen LogP contribution is -2.62. The zero-order valence-electron chi connectivity index (χ0n) is 20.4. The molecule has 4 aliphatic rings. The van der Waals surface area contributed by atoms with Gasteiger partial charge in [-0.25, -0.2) is 0 Å². The van der Waals surface area contributed by atoms with Crippen LogP contribution in [0.2, 0.25) is 0 Å². The second-order valence-corrected chi connectivity index (χ2v) is 11.9. The molecule has 0 heterocycles. The van der Waals surface area contributed by atoms with Crippen LogP contribution in [-0.4, -0.2) is 33.5 Å². The first-order chi connectivity index (χ1) is 14.5. The number of carboxylic acids is 1. The number of aliphatic hydroxyl groups excluding tert-OH is 1. The molecule has 4 heteroatoms. The Kier molecular flexibility index (Phi) is 6.81. The number of carbonyl (C=O) groups is 1. The van der Waals surface area contributed by atoms with Crippen LogP contribution in [0.5, 0.6) is 0 Å². The van der Waals surface area contributed by atoms with E-state index in [2.05, 4.69) is 27.7 Å². The summed E-state index contributed by atoms with van der Waals surface area (Å²) in [5.41, 5.74) is 0.190. The molecule has 0 aromatic rings. The van der Waals surface area contributed by atoms with Gasteiger partial charge in [0.05, 0.1) is 13.6 Å². The summed E-state index contributed by atoms with van der Waals surface area (Å²) >= 11 is 0. The molecular weight excluding hydrogens is 388 g/mol. The first kappa shape index (κ1) is 23.5. The van der Waals surface area contributed by atoms with Gasteiger partial charge in [-0.3, -0.25) is 4.79 Å². The van der Waals surface area contributed by atoms with Gasteiger partial charge in [0, 0.05) is 6.42 Å². The first-order valence-electron chi connectivity index (χ1n) is 13.1. The van der Waals surface area contributed by atoms with Gasteiger partial charge in [0.25, 0.3) is 0 Å². The maximum absolute atomic E-state index is 11.8.